The van der Waals surface area contributed by atoms with Crippen molar-refractivity contribution in [2.45, 2.75) is 195 Å². The number of carbonyl (C=O) groups excluding carboxylic acids is 2. The second kappa shape index (κ2) is 41.0. The Kier molecular flexibility index (Phi) is 40.0. The van der Waals surface area contributed by atoms with Crippen molar-refractivity contribution in [3.05, 3.63) is 0 Å². The first-order chi connectivity index (χ1) is 25.5. The van der Waals surface area contributed by atoms with E-state index in [9.17, 15) is 14.7 Å². The van der Waals surface area contributed by atoms with E-state index in [4.69, 9.17) is 18.9 Å². The van der Waals surface area contributed by atoms with Crippen LogP contribution >= 0.6 is 0 Å². The second-order valence-electron chi connectivity index (χ2n) is 15.0. The second-order valence-corrected chi connectivity index (χ2v) is 15.0. The van der Waals surface area contributed by atoms with Crippen LogP contribution < -0.4 is 0 Å². The zero-order valence-electron chi connectivity index (χ0n) is 35.0. The molecule has 0 aliphatic heterocycles. The van der Waals surface area contributed by atoms with E-state index in [1.165, 1.54) is 103 Å². The average molecular weight is 742 g/mol. The molecule has 2 unspecified atom stereocenters. The lowest BCUT2D eigenvalue weighted by Crippen LogP contribution is -2.30. The Bertz CT molecular complexity index is 694. The number of esters is 2. The Labute approximate surface area is 322 Å². The molecule has 0 aliphatic carbocycles. The summed E-state index contributed by atoms with van der Waals surface area (Å²) >= 11 is 0. The van der Waals surface area contributed by atoms with E-state index < -0.39 is 0 Å². The molecule has 0 aromatic carbocycles. The fourth-order valence-corrected chi connectivity index (χ4v) is 6.84. The Morgan fingerprint density at radius 3 is 1.10 bits per heavy atom. The maximum Gasteiger partial charge on any atom is 0.309 e. The van der Waals surface area contributed by atoms with Gasteiger partial charge in [0.05, 0.1) is 31.7 Å². The molecule has 0 radical (unpaired) electrons. The quantitative estimate of drug-likeness (QED) is 0.0488. The summed E-state index contributed by atoms with van der Waals surface area (Å²) in [5.74, 6) is -0.0557. The summed E-state index contributed by atoms with van der Waals surface area (Å²) in [6, 6.07) is 0. The smallest absolute Gasteiger partial charge is 0.309 e. The number of carbonyl (C=O) groups is 2. The Balaban J connectivity index is 4.20. The molecule has 0 saturated carbocycles. The van der Waals surface area contributed by atoms with Crippen LogP contribution in [0.2, 0.25) is 0 Å². The van der Waals surface area contributed by atoms with Crippen LogP contribution in [0.3, 0.4) is 0 Å². The van der Waals surface area contributed by atoms with Gasteiger partial charge in [0.15, 0.2) is 0 Å². The first-order valence-electron chi connectivity index (χ1n) is 22.4. The summed E-state index contributed by atoms with van der Waals surface area (Å²) in [4.78, 5) is 27.9. The number of rotatable bonds is 42. The number of aliphatic hydroxyl groups excluding tert-OH is 1. The molecule has 0 amide bonds. The van der Waals surface area contributed by atoms with Gasteiger partial charge in [0, 0.05) is 32.8 Å². The monoisotopic (exact) mass is 742 g/mol. The maximum absolute atomic E-state index is 12.8. The molecular formula is C44H87NO7. The van der Waals surface area contributed by atoms with Gasteiger partial charge >= 0.3 is 11.9 Å². The van der Waals surface area contributed by atoms with Crippen molar-refractivity contribution in [3.8, 4) is 0 Å². The SMILES string of the molecule is CCCCCCCCC(CCCCCC)C(=O)OCCOCCCN(CCO)CCCOCCOC(=O)C(CCCCCC)CCCCCCCC. The molecule has 8 heteroatoms. The Morgan fingerprint density at radius 2 is 0.750 bits per heavy atom. The predicted octanol–water partition coefficient (Wildman–Crippen LogP) is 10.9. The molecule has 0 heterocycles. The van der Waals surface area contributed by atoms with Crippen molar-refractivity contribution in [2.24, 2.45) is 11.8 Å². The molecular weight excluding hydrogens is 654 g/mol. The fourth-order valence-electron chi connectivity index (χ4n) is 6.84. The molecule has 310 valence electrons. The first kappa shape index (κ1) is 50.8. The zero-order valence-corrected chi connectivity index (χ0v) is 35.0. The van der Waals surface area contributed by atoms with Gasteiger partial charge < -0.3 is 29.0 Å². The molecule has 8 nitrogen and oxygen atoms in total. The van der Waals surface area contributed by atoms with Gasteiger partial charge in [-0.15, -0.1) is 0 Å². The van der Waals surface area contributed by atoms with Crippen LogP contribution in [0.15, 0.2) is 0 Å². The van der Waals surface area contributed by atoms with E-state index in [-0.39, 0.29) is 30.4 Å². The number of unbranched alkanes of at least 4 members (excludes halogenated alkanes) is 16. The number of hydrogen-bond acceptors (Lipinski definition) is 8. The van der Waals surface area contributed by atoms with Crippen molar-refractivity contribution in [1.82, 2.24) is 4.90 Å². The maximum atomic E-state index is 12.8. The molecule has 0 aromatic rings. The lowest BCUT2D eigenvalue weighted by Gasteiger charge is -2.21. The van der Waals surface area contributed by atoms with Gasteiger partial charge in [-0.2, -0.15) is 0 Å². The van der Waals surface area contributed by atoms with Crippen LogP contribution in [-0.4, -0.2) is 87.8 Å². The van der Waals surface area contributed by atoms with Crippen molar-refractivity contribution in [3.63, 3.8) is 0 Å². The summed E-state index contributed by atoms with van der Waals surface area (Å²) in [5, 5.41) is 9.54. The molecule has 52 heavy (non-hydrogen) atoms. The molecule has 0 saturated heterocycles. The third-order valence-corrected chi connectivity index (χ3v) is 10.2. The molecule has 0 aromatic heterocycles. The van der Waals surface area contributed by atoms with Gasteiger partial charge in [-0.25, -0.2) is 0 Å². The predicted molar refractivity (Wildman–Crippen MR) is 217 cm³/mol. The lowest BCUT2D eigenvalue weighted by molar-refractivity contribution is -0.151. The van der Waals surface area contributed by atoms with Crippen molar-refractivity contribution < 1.29 is 33.6 Å². The third-order valence-electron chi connectivity index (χ3n) is 10.2. The minimum absolute atomic E-state index is 0.0197. The highest BCUT2D eigenvalue weighted by atomic mass is 16.6. The first-order valence-corrected chi connectivity index (χ1v) is 22.4. The molecule has 0 aliphatic rings. The van der Waals surface area contributed by atoms with Gasteiger partial charge in [0.25, 0.3) is 0 Å². The van der Waals surface area contributed by atoms with Crippen molar-refractivity contribution >= 4 is 11.9 Å². The van der Waals surface area contributed by atoms with E-state index in [0.717, 1.165) is 77.3 Å². The number of aliphatic hydroxyl groups is 1. The molecule has 0 spiro atoms. The van der Waals surface area contributed by atoms with E-state index in [1.54, 1.807) is 0 Å². The number of nitrogens with zero attached hydrogens (tertiary/aromatic N) is 1. The van der Waals surface area contributed by atoms with Gasteiger partial charge in [0.2, 0.25) is 0 Å². The van der Waals surface area contributed by atoms with Crippen LogP contribution in [0.4, 0.5) is 0 Å². The van der Waals surface area contributed by atoms with Crippen LogP contribution in [0.25, 0.3) is 0 Å². The fraction of sp³-hybridized carbons (Fsp3) is 0.955. The highest BCUT2D eigenvalue weighted by Crippen LogP contribution is 2.22. The molecule has 0 rings (SSSR count). The summed E-state index contributed by atoms with van der Waals surface area (Å²) in [6.07, 6.45) is 29.8. The third kappa shape index (κ3) is 33.4. The topological polar surface area (TPSA) is 94.5 Å². The standard InChI is InChI=1S/C44H87NO7/c1-5-9-13-17-19-23-29-41(27-21-15-11-7-3)43(47)51-39-37-49-35-25-31-45(33-34-46)32-26-36-50-38-40-52-44(48)42(28-22-16-12-8-4)30-24-20-18-14-10-6-2/h41-42,46H,5-40H2,1-4H3. The normalized spacial score (nSPS) is 12.7. The van der Waals surface area contributed by atoms with E-state index in [1.807, 2.05) is 0 Å². The highest BCUT2D eigenvalue weighted by molar-refractivity contribution is 5.72. The summed E-state index contributed by atoms with van der Waals surface area (Å²) in [7, 11) is 0. The van der Waals surface area contributed by atoms with Gasteiger partial charge in [-0.1, -0.05) is 156 Å². The van der Waals surface area contributed by atoms with Crippen LogP contribution in [0.1, 0.15) is 195 Å². The van der Waals surface area contributed by atoms with Crippen molar-refractivity contribution in [1.29, 1.82) is 0 Å². The van der Waals surface area contributed by atoms with Gasteiger partial charge in [0.1, 0.15) is 13.2 Å². The number of hydrogen-bond donors (Lipinski definition) is 1. The zero-order chi connectivity index (χ0) is 38.2. The summed E-state index contributed by atoms with van der Waals surface area (Å²) < 4.78 is 22.9. The van der Waals surface area contributed by atoms with Gasteiger partial charge in [-0.3, -0.25) is 9.59 Å². The van der Waals surface area contributed by atoms with Crippen LogP contribution in [-0.2, 0) is 28.5 Å². The molecule has 0 bridgehead atoms. The Morgan fingerprint density at radius 1 is 0.423 bits per heavy atom. The minimum Gasteiger partial charge on any atom is -0.463 e. The average Bonchev–Trinajstić information content (AvgIpc) is 3.14. The molecule has 0 fully saturated rings. The van der Waals surface area contributed by atoms with E-state index in [2.05, 4.69) is 32.6 Å². The highest BCUT2D eigenvalue weighted by Gasteiger charge is 2.20. The van der Waals surface area contributed by atoms with E-state index in [0.29, 0.717) is 46.2 Å². The molecule has 1 N–H and O–H groups in total. The van der Waals surface area contributed by atoms with Crippen LogP contribution in [0.5, 0.6) is 0 Å². The lowest BCUT2D eigenvalue weighted by atomic mass is 9.94. The van der Waals surface area contributed by atoms with Gasteiger partial charge in [-0.05, 0) is 38.5 Å². The van der Waals surface area contributed by atoms with Crippen LogP contribution in [0, 0.1) is 11.8 Å². The minimum atomic E-state index is -0.0475. The summed E-state index contributed by atoms with van der Waals surface area (Å²) in [6.45, 7) is 14.0. The van der Waals surface area contributed by atoms with E-state index >= 15 is 0 Å². The molecule has 2 atom stereocenters. The summed E-state index contributed by atoms with van der Waals surface area (Å²) in [5.41, 5.74) is 0. The van der Waals surface area contributed by atoms with Crippen molar-refractivity contribution in [2.75, 3.05) is 65.9 Å². The number of ether oxygens (including phenoxy) is 4. The largest absolute Gasteiger partial charge is 0.463 e. The Hall–Kier alpha value is -1.22.